The van der Waals surface area contributed by atoms with E-state index in [1.165, 1.54) is 19.3 Å². The second kappa shape index (κ2) is 6.92. The normalized spacial score (nSPS) is 16.4. The Morgan fingerprint density at radius 1 is 1.37 bits per heavy atom. The SMILES string of the molecule is CCOc1ccc(C(C)O)cc1COCCC1CC1. The first-order valence-corrected chi connectivity index (χ1v) is 7.22. The molecule has 19 heavy (non-hydrogen) atoms. The van der Waals surface area contributed by atoms with Crippen LogP contribution in [0.1, 0.15) is 50.3 Å². The molecule has 1 fully saturated rings. The molecule has 3 nitrogen and oxygen atoms in total. The van der Waals surface area contributed by atoms with Gasteiger partial charge in [-0.15, -0.1) is 0 Å². The van der Waals surface area contributed by atoms with Crippen molar-refractivity contribution >= 4 is 0 Å². The summed E-state index contributed by atoms with van der Waals surface area (Å²) in [6, 6.07) is 5.81. The van der Waals surface area contributed by atoms with E-state index in [4.69, 9.17) is 9.47 Å². The molecular weight excluding hydrogens is 240 g/mol. The summed E-state index contributed by atoms with van der Waals surface area (Å²) in [5.74, 6) is 1.76. The number of benzene rings is 1. The molecule has 2 rings (SSSR count). The molecule has 1 saturated carbocycles. The van der Waals surface area contributed by atoms with E-state index in [1.807, 2.05) is 25.1 Å². The van der Waals surface area contributed by atoms with Crippen LogP contribution >= 0.6 is 0 Å². The van der Waals surface area contributed by atoms with Crippen LogP contribution in [0.25, 0.3) is 0 Å². The zero-order valence-corrected chi connectivity index (χ0v) is 11.9. The molecule has 0 aromatic heterocycles. The van der Waals surface area contributed by atoms with Gasteiger partial charge in [0.15, 0.2) is 0 Å². The van der Waals surface area contributed by atoms with E-state index >= 15 is 0 Å². The molecule has 1 N–H and O–H groups in total. The lowest BCUT2D eigenvalue weighted by Crippen LogP contribution is -2.03. The number of rotatable bonds is 8. The second-order valence-corrected chi connectivity index (χ2v) is 5.26. The van der Waals surface area contributed by atoms with Crippen LogP contribution in [0.2, 0.25) is 0 Å². The third-order valence-electron chi connectivity index (χ3n) is 3.49. The fourth-order valence-corrected chi connectivity index (χ4v) is 2.11. The van der Waals surface area contributed by atoms with E-state index in [1.54, 1.807) is 6.92 Å². The van der Waals surface area contributed by atoms with Crippen molar-refractivity contribution in [3.05, 3.63) is 29.3 Å². The Bertz CT molecular complexity index is 397. The van der Waals surface area contributed by atoms with Gasteiger partial charge in [0, 0.05) is 12.2 Å². The summed E-state index contributed by atoms with van der Waals surface area (Å²) in [6.45, 7) is 5.76. The van der Waals surface area contributed by atoms with Gasteiger partial charge in [0.25, 0.3) is 0 Å². The van der Waals surface area contributed by atoms with Crippen molar-refractivity contribution in [2.45, 2.75) is 45.8 Å². The first-order valence-electron chi connectivity index (χ1n) is 7.22. The van der Waals surface area contributed by atoms with Crippen LogP contribution in [-0.4, -0.2) is 18.3 Å². The largest absolute Gasteiger partial charge is 0.494 e. The Kier molecular flexibility index (Phi) is 5.23. The minimum absolute atomic E-state index is 0.458. The maximum Gasteiger partial charge on any atom is 0.124 e. The molecule has 3 heteroatoms. The molecular formula is C16H24O3. The smallest absolute Gasteiger partial charge is 0.124 e. The summed E-state index contributed by atoms with van der Waals surface area (Å²) in [5, 5.41) is 9.64. The molecule has 0 bridgehead atoms. The van der Waals surface area contributed by atoms with Crippen LogP contribution in [0.4, 0.5) is 0 Å². The van der Waals surface area contributed by atoms with Gasteiger partial charge < -0.3 is 14.6 Å². The lowest BCUT2D eigenvalue weighted by molar-refractivity contribution is 0.112. The summed E-state index contributed by atoms with van der Waals surface area (Å²) in [7, 11) is 0. The third kappa shape index (κ3) is 4.51. The van der Waals surface area contributed by atoms with Crippen molar-refractivity contribution in [1.29, 1.82) is 0 Å². The molecule has 1 unspecified atom stereocenters. The molecule has 106 valence electrons. The zero-order chi connectivity index (χ0) is 13.7. The van der Waals surface area contributed by atoms with Crippen LogP contribution in [0, 0.1) is 5.92 Å². The topological polar surface area (TPSA) is 38.7 Å². The van der Waals surface area contributed by atoms with Crippen LogP contribution < -0.4 is 4.74 Å². The van der Waals surface area contributed by atoms with Gasteiger partial charge in [-0.05, 0) is 43.9 Å². The number of aliphatic hydroxyl groups excluding tert-OH is 1. The van der Waals surface area contributed by atoms with Gasteiger partial charge in [-0.2, -0.15) is 0 Å². The lowest BCUT2D eigenvalue weighted by atomic mass is 10.1. The van der Waals surface area contributed by atoms with Crippen LogP contribution in [0.5, 0.6) is 5.75 Å². The molecule has 1 aromatic rings. The summed E-state index contributed by atoms with van der Waals surface area (Å²) in [4.78, 5) is 0. The van der Waals surface area contributed by atoms with Crippen molar-refractivity contribution in [1.82, 2.24) is 0 Å². The van der Waals surface area contributed by atoms with Crippen LogP contribution in [0.3, 0.4) is 0 Å². The van der Waals surface area contributed by atoms with E-state index in [0.29, 0.717) is 13.2 Å². The molecule has 1 aromatic carbocycles. The standard InChI is InChI=1S/C16H24O3/c1-3-19-16-7-6-14(12(2)17)10-15(16)11-18-9-8-13-4-5-13/h6-7,10,12-13,17H,3-5,8-9,11H2,1-2H3. The number of ether oxygens (including phenoxy) is 2. The van der Waals surface area contributed by atoms with Gasteiger partial charge in [0.1, 0.15) is 5.75 Å². The molecule has 0 radical (unpaired) electrons. The van der Waals surface area contributed by atoms with Crippen LogP contribution in [-0.2, 0) is 11.3 Å². The maximum absolute atomic E-state index is 9.64. The predicted octanol–water partition coefficient (Wildman–Crippen LogP) is 3.46. The van der Waals surface area contributed by atoms with Crippen LogP contribution in [0.15, 0.2) is 18.2 Å². The monoisotopic (exact) mass is 264 g/mol. The Labute approximate surface area is 115 Å². The van der Waals surface area contributed by atoms with E-state index in [-0.39, 0.29) is 0 Å². The Balaban J connectivity index is 1.94. The van der Waals surface area contributed by atoms with Crippen molar-refractivity contribution in [3.63, 3.8) is 0 Å². The quantitative estimate of drug-likeness (QED) is 0.731. The fraction of sp³-hybridized carbons (Fsp3) is 0.625. The van der Waals surface area contributed by atoms with Gasteiger partial charge in [0.2, 0.25) is 0 Å². The Morgan fingerprint density at radius 3 is 2.79 bits per heavy atom. The van der Waals surface area contributed by atoms with Gasteiger partial charge in [-0.1, -0.05) is 18.9 Å². The molecule has 0 saturated heterocycles. The minimum atomic E-state index is -0.458. The summed E-state index contributed by atoms with van der Waals surface area (Å²) < 4.78 is 11.3. The summed E-state index contributed by atoms with van der Waals surface area (Å²) >= 11 is 0. The number of hydrogen-bond donors (Lipinski definition) is 1. The van der Waals surface area contributed by atoms with Crippen molar-refractivity contribution in [2.24, 2.45) is 5.92 Å². The predicted molar refractivity (Wildman–Crippen MR) is 75.2 cm³/mol. The highest BCUT2D eigenvalue weighted by atomic mass is 16.5. The highest BCUT2D eigenvalue weighted by molar-refractivity contribution is 5.37. The van der Waals surface area contributed by atoms with E-state index in [9.17, 15) is 5.11 Å². The minimum Gasteiger partial charge on any atom is -0.494 e. The Morgan fingerprint density at radius 2 is 2.16 bits per heavy atom. The highest BCUT2D eigenvalue weighted by Crippen LogP contribution is 2.32. The highest BCUT2D eigenvalue weighted by Gasteiger charge is 2.20. The van der Waals surface area contributed by atoms with Gasteiger partial charge >= 0.3 is 0 Å². The lowest BCUT2D eigenvalue weighted by Gasteiger charge is -2.14. The first kappa shape index (κ1) is 14.4. The average Bonchev–Trinajstić information content (AvgIpc) is 3.20. The molecule has 0 aliphatic heterocycles. The third-order valence-corrected chi connectivity index (χ3v) is 3.49. The Hall–Kier alpha value is -1.06. The molecule has 1 atom stereocenters. The zero-order valence-electron chi connectivity index (χ0n) is 11.9. The molecule has 1 aliphatic rings. The average molecular weight is 264 g/mol. The van der Waals surface area contributed by atoms with Gasteiger partial charge in [0.05, 0.1) is 19.3 Å². The number of aliphatic hydroxyl groups is 1. The number of hydrogen-bond acceptors (Lipinski definition) is 3. The second-order valence-electron chi connectivity index (χ2n) is 5.26. The summed E-state index contributed by atoms with van der Waals surface area (Å²) in [6.07, 6.45) is 3.44. The van der Waals surface area contributed by atoms with Crippen molar-refractivity contribution in [3.8, 4) is 5.75 Å². The van der Waals surface area contributed by atoms with E-state index in [0.717, 1.165) is 29.4 Å². The van der Waals surface area contributed by atoms with E-state index in [2.05, 4.69) is 0 Å². The van der Waals surface area contributed by atoms with E-state index < -0.39 is 6.10 Å². The van der Waals surface area contributed by atoms with Gasteiger partial charge in [-0.25, -0.2) is 0 Å². The first-order chi connectivity index (χ1) is 9.20. The maximum atomic E-state index is 9.64. The molecule has 0 spiro atoms. The molecule has 1 aliphatic carbocycles. The molecule has 0 heterocycles. The fourth-order valence-electron chi connectivity index (χ4n) is 2.11. The van der Waals surface area contributed by atoms with Crippen molar-refractivity contribution < 1.29 is 14.6 Å². The van der Waals surface area contributed by atoms with Gasteiger partial charge in [-0.3, -0.25) is 0 Å². The van der Waals surface area contributed by atoms with Crippen molar-refractivity contribution in [2.75, 3.05) is 13.2 Å². The summed E-state index contributed by atoms with van der Waals surface area (Å²) in [5.41, 5.74) is 1.93. The molecule has 0 amide bonds.